The molecular formula is C7H4Cl2F3NO2S. The van der Waals surface area contributed by atoms with Crippen molar-refractivity contribution >= 4 is 33.4 Å². The second-order valence-corrected chi connectivity index (χ2v) is 5.19. The number of hydrogen-bond acceptors (Lipinski definition) is 2. The summed E-state index contributed by atoms with van der Waals surface area (Å²) in [4.78, 5) is -0.517. The molecule has 16 heavy (non-hydrogen) atoms. The van der Waals surface area contributed by atoms with Crippen molar-refractivity contribution in [2.45, 2.75) is 11.1 Å². The van der Waals surface area contributed by atoms with Gasteiger partial charge in [-0.2, -0.15) is 13.2 Å². The van der Waals surface area contributed by atoms with Gasteiger partial charge in [-0.1, -0.05) is 11.6 Å². The molecule has 1 aromatic carbocycles. The first-order valence-electron chi connectivity index (χ1n) is 3.67. The second kappa shape index (κ2) is 4.40. The third kappa shape index (κ3) is 2.79. The van der Waals surface area contributed by atoms with Crippen molar-refractivity contribution in [3.63, 3.8) is 0 Å². The smallest absolute Gasteiger partial charge is 0.206 e. The van der Waals surface area contributed by atoms with E-state index in [0.29, 0.717) is 12.1 Å². The van der Waals surface area contributed by atoms with Crippen molar-refractivity contribution in [1.82, 2.24) is 4.24 Å². The van der Waals surface area contributed by atoms with E-state index in [1.165, 1.54) is 4.24 Å². The van der Waals surface area contributed by atoms with E-state index in [2.05, 4.69) is 0 Å². The Kier molecular flexibility index (Phi) is 3.73. The Balaban J connectivity index is 3.32. The van der Waals surface area contributed by atoms with Crippen LogP contribution in [0.4, 0.5) is 13.2 Å². The summed E-state index contributed by atoms with van der Waals surface area (Å²) in [6.45, 7) is 0. The number of alkyl halides is 3. The van der Waals surface area contributed by atoms with Gasteiger partial charge in [-0.15, -0.1) is 4.24 Å². The fourth-order valence-corrected chi connectivity index (χ4v) is 2.32. The van der Waals surface area contributed by atoms with Crippen LogP contribution < -0.4 is 4.24 Å². The summed E-state index contributed by atoms with van der Waals surface area (Å²) in [6, 6.07) is 1.85. The van der Waals surface area contributed by atoms with Crippen LogP contribution in [0.1, 0.15) is 5.56 Å². The lowest BCUT2D eigenvalue weighted by atomic mass is 10.2. The lowest BCUT2D eigenvalue weighted by Gasteiger charge is -2.09. The molecule has 1 N–H and O–H groups in total. The molecule has 0 amide bonds. The molecule has 0 unspecified atom stereocenters. The van der Waals surface area contributed by atoms with E-state index < -0.39 is 31.7 Å². The highest BCUT2D eigenvalue weighted by atomic mass is 35.5. The Labute approximate surface area is 99.3 Å². The summed E-state index contributed by atoms with van der Waals surface area (Å²) in [7, 11) is -4.07. The molecule has 0 aliphatic carbocycles. The lowest BCUT2D eigenvalue weighted by molar-refractivity contribution is -0.137. The number of benzene rings is 1. The van der Waals surface area contributed by atoms with Gasteiger partial charge in [0, 0.05) is 0 Å². The predicted molar refractivity (Wildman–Crippen MR) is 52.6 cm³/mol. The topological polar surface area (TPSA) is 46.2 Å². The lowest BCUT2D eigenvalue weighted by Crippen LogP contribution is -2.15. The Hall–Kier alpha value is -0.500. The fourth-order valence-electron chi connectivity index (χ4n) is 0.937. The normalized spacial score (nSPS) is 12.8. The van der Waals surface area contributed by atoms with Crippen molar-refractivity contribution in [2.75, 3.05) is 0 Å². The zero-order valence-electron chi connectivity index (χ0n) is 7.35. The molecule has 0 atom stereocenters. The van der Waals surface area contributed by atoms with Gasteiger partial charge in [-0.25, -0.2) is 8.42 Å². The molecule has 0 bridgehead atoms. The van der Waals surface area contributed by atoms with E-state index in [0.717, 1.165) is 6.07 Å². The molecule has 9 heteroatoms. The molecule has 0 saturated carbocycles. The third-order valence-electron chi connectivity index (χ3n) is 1.65. The monoisotopic (exact) mass is 293 g/mol. The van der Waals surface area contributed by atoms with Crippen LogP contribution in [-0.4, -0.2) is 8.42 Å². The van der Waals surface area contributed by atoms with E-state index >= 15 is 0 Å². The number of sulfonamides is 1. The molecule has 0 spiro atoms. The molecule has 1 aromatic rings. The van der Waals surface area contributed by atoms with E-state index in [1.807, 2.05) is 0 Å². The highest BCUT2D eigenvalue weighted by Crippen LogP contribution is 2.33. The van der Waals surface area contributed by atoms with E-state index in [4.69, 9.17) is 23.4 Å². The van der Waals surface area contributed by atoms with Crippen LogP contribution in [0.5, 0.6) is 0 Å². The quantitative estimate of drug-likeness (QED) is 0.852. The van der Waals surface area contributed by atoms with Gasteiger partial charge in [0.1, 0.15) is 4.90 Å². The SMILES string of the molecule is O=S(=O)(NCl)c1ccc(C(F)(F)F)cc1Cl. The first-order chi connectivity index (χ1) is 7.18. The van der Waals surface area contributed by atoms with Gasteiger partial charge in [0.05, 0.1) is 10.6 Å². The molecular weight excluding hydrogens is 290 g/mol. The van der Waals surface area contributed by atoms with Gasteiger partial charge in [-0.05, 0) is 30.0 Å². The predicted octanol–water partition coefficient (Wildman–Crippen LogP) is 2.79. The van der Waals surface area contributed by atoms with E-state index in [1.54, 1.807) is 0 Å². The van der Waals surface area contributed by atoms with Crippen molar-refractivity contribution < 1.29 is 21.6 Å². The molecule has 0 saturated heterocycles. The Morgan fingerprint density at radius 1 is 1.25 bits per heavy atom. The van der Waals surface area contributed by atoms with Crippen LogP contribution >= 0.6 is 23.4 Å². The molecule has 0 aliphatic heterocycles. The maximum absolute atomic E-state index is 12.2. The third-order valence-corrected chi connectivity index (χ3v) is 3.82. The van der Waals surface area contributed by atoms with Crippen LogP contribution in [0.2, 0.25) is 5.02 Å². The molecule has 1 rings (SSSR count). The van der Waals surface area contributed by atoms with Gasteiger partial charge in [0.25, 0.3) is 10.0 Å². The first-order valence-corrected chi connectivity index (χ1v) is 5.91. The average Bonchev–Trinajstić information content (AvgIpc) is 2.16. The van der Waals surface area contributed by atoms with Gasteiger partial charge in [0.2, 0.25) is 0 Å². The van der Waals surface area contributed by atoms with Gasteiger partial charge >= 0.3 is 6.18 Å². The zero-order valence-corrected chi connectivity index (χ0v) is 9.67. The molecule has 3 nitrogen and oxygen atoms in total. The van der Waals surface area contributed by atoms with Crippen molar-refractivity contribution in [2.24, 2.45) is 0 Å². The van der Waals surface area contributed by atoms with Crippen molar-refractivity contribution in [3.05, 3.63) is 28.8 Å². The van der Waals surface area contributed by atoms with Crippen LogP contribution in [-0.2, 0) is 16.2 Å². The Bertz CT molecular complexity index is 501. The summed E-state index contributed by atoms with van der Waals surface area (Å²) >= 11 is 10.3. The summed E-state index contributed by atoms with van der Waals surface area (Å²) in [6.07, 6.45) is -4.58. The minimum atomic E-state index is -4.58. The standard InChI is InChI=1S/C7H4Cl2F3NO2S/c8-5-3-4(7(10,11)12)1-2-6(5)16(14,15)13-9/h1-3,13H. The molecule has 0 radical (unpaired) electrons. The number of halogens is 5. The second-order valence-electron chi connectivity index (χ2n) is 2.72. The summed E-state index contributed by atoms with van der Waals surface area (Å²) in [5.41, 5.74) is -1.04. The zero-order chi connectivity index (χ0) is 12.6. The molecule has 0 aliphatic rings. The average molecular weight is 294 g/mol. The van der Waals surface area contributed by atoms with Crippen molar-refractivity contribution in [3.8, 4) is 0 Å². The largest absolute Gasteiger partial charge is 0.416 e. The number of nitrogens with one attached hydrogen (secondary N) is 1. The summed E-state index contributed by atoms with van der Waals surface area (Å²) in [5, 5.41) is -0.553. The van der Waals surface area contributed by atoms with Gasteiger partial charge < -0.3 is 0 Å². The summed E-state index contributed by atoms with van der Waals surface area (Å²) in [5.74, 6) is 0. The van der Waals surface area contributed by atoms with Crippen LogP contribution in [0.3, 0.4) is 0 Å². The van der Waals surface area contributed by atoms with Gasteiger partial charge in [-0.3, -0.25) is 0 Å². The molecule has 90 valence electrons. The minimum absolute atomic E-state index is 0.517. The van der Waals surface area contributed by atoms with Crippen LogP contribution in [0.15, 0.2) is 23.1 Å². The van der Waals surface area contributed by atoms with Gasteiger partial charge in [0.15, 0.2) is 0 Å². The molecule has 0 aromatic heterocycles. The number of hydrogen-bond donors (Lipinski definition) is 1. The molecule has 0 fully saturated rings. The summed E-state index contributed by atoms with van der Waals surface area (Å²) < 4.78 is 60.5. The molecule has 0 heterocycles. The van der Waals surface area contributed by atoms with Crippen LogP contribution in [0, 0.1) is 0 Å². The van der Waals surface area contributed by atoms with Crippen LogP contribution in [0.25, 0.3) is 0 Å². The van der Waals surface area contributed by atoms with E-state index in [-0.39, 0.29) is 0 Å². The first kappa shape index (κ1) is 13.6. The minimum Gasteiger partial charge on any atom is -0.206 e. The van der Waals surface area contributed by atoms with Crippen molar-refractivity contribution in [1.29, 1.82) is 0 Å². The Morgan fingerprint density at radius 2 is 1.81 bits per heavy atom. The highest BCUT2D eigenvalue weighted by Gasteiger charge is 2.31. The maximum atomic E-state index is 12.2. The van der Waals surface area contributed by atoms with E-state index in [9.17, 15) is 21.6 Å². The number of rotatable bonds is 2. The maximum Gasteiger partial charge on any atom is 0.416 e. The fraction of sp³-hybridized carbons (Fsp3) is 0.143. The highest BCUT2D eigenvalue weighted by molar-refractivity contribution is 7.90. The Morgan fingerprint density at radius 3 is 2.19 bits per heavy atom.